The highest BCUT2D eigenvalue weighted by Gasteiger charge is 2.23. The second kappa shape index (κ2) is 11.3. The minimum Gasteiger partial charge on any atom is -0.492 e. The number of sulfonamides is 1. The van der Waals surface area contributed by atoms with Crippen LogP contribution in [0, 0.1) is 0 Å². The summed E-state index contributed by atoms with van der Waals surface area (Å²) in [5, 5.41) is 4.34. The van der Waals surface area contributed by atoms with Crippen LogP contribution in [-0.4, -0.2) is 32.7 Å². The van der Waals surface area contributed by atoms with Gasteiger partial charge in [0.2, 0.25) is 10.0 Å². The van der Waals surface area contributed by atoms with E-state index in [0.717, 1.165) is 11.8 Å². The average Bonchev–Trinajstić information content (AvgIpc) is 2.83. The Hall–Kier alpha value is -3.80. The summed E-state index contributed by atoms with van der Waals surface area (Å²) in [6.07, 6.45) is 5.73. The molecule has 0 radical (unpaired) electrons. The van der Waals surface area contributed by atoms with Crippen LogP contribution in [0.25, 0.3) is 5.70 Å². The summed E-state index contributed by atoms with van der Waals surface area (Å²) >= 11 is 6.37. The molecule has 0 saturated carbocycles. The van der Waals surface area contributed by atoms with Crippen LogP contribution in [0.15, 0.2) is 61.1 Å². The van der Waals surface area contributed by atoms with Gasteiger partial charge >= 0.3 is 0 Å². The molecular weight excluding hydrogens is 528 g/mol. The van der Waals surface area contributed by atoms with Gasteiger partial charge in [0.15, 0.2) is 5.75 Å². The second-order valence-corrected chi connectivity index (χ2v) is 11.7. The van der Waals surface area contributed by atoms with Gasteiger partial charge in [-0.25, -0.2) is 14.3 Å². The van der Waals surface area contributed by atoms with Crippen LogP contribution < -0.4 is 31.4 Å². The van der Waals surface area contributed by atoms with Crippen LogP contribution in [-0.2, 0) is 15.4 Å². The monoisotopic (exact) mass is 558 g/mol. The molecule has 0 saturated heterocycles. The molecule has 38 heavy (non-hydrogen) atoms. The summed E-state index contributed by atoms with van der Waals surface area (Å²) in [6, 6.07) is 11.5. The van der Waals surface area contributed by atoms with E-state index in [1.165, 1.54) is 24.4 Å². The predicted molar refractivity (Wildman–Crippen MR) is 153 cm³/mol. The zero-order chi connectivity index (χ0) is 28.3. The van der Waals surface area contributed by atoms with Crippen LogP contribution in [0.1, 0.15) is 42.3 Å². The predicted octanol–water partition coefficient (Wildman–Crippen LogP) is 4.30. The maximum Gasteiger partial charge on any atom is 0.255 e. The summed E-state index contributed by atoms with van der Waals surface area (Å²) in [6.45, 7) is 5.91. The maximum absolute atomic E-state index is 13.3. The number of methoxy groups -OCH3 is 1. The highest BCUT2D eigenvalue weighted by molar-refractivity contribution is 7.92. The third-order valence-corrected chi connectivity index (χ3v) is 6.37. The number of carbonyl (C=O) groups excluding carboxylic acids is 1. The van der Waals surface area contributed by atoms with E-state index in [4.69, 9.17) is 27.9 Å². The van der Waals surface area contributed by atoms with Crippen molar-refractivity contribution < 1.29 is 17.9 Å². The highest BCUT2D eigenvalue weighted by Crippen LogP contribution is 2.39. The molecule has 0 aliphatic carbocycles. The molecule has 0 bridgehead atoms. The van der Waals surface area contributed by atoms with Gasteiger partial charge in [-0.15, -0.1) is 0 Å². The van der Waals surface area contributed by atoms with E-state index in [0.29, 0.717) is 22.0 Å². The molecule has 0 atom stereocenters. The summed E-state index contributed by atoms with van der Waals surface area (Å²) in [4.78, 5) is 17.3. The van der Waals surface area contributed by atoms with Crippen molar-refractivity contribution in [3.05, 3.63) is 82.8 Å². The van der Waals surface area contributed by atoms with Crippen molar-refractivity contribution in [3.8, 4) is 5.75 Å². The van der Waals surface area contributed by atoms with Gasteiger partial charge in [0.1, 0.15) is 0 Å². The molecule has 0 spiro atoms. The molecule has 0 aliphatic rings. The lowest BCUT2D eigenvalue weighted by Gasteiger charge is -2.24. The summed E-state index contributed by atoms with van der Waals surface area (Å²) in [7, 11) is -2.23. The van der Waals surface area contributed by atoms with Gasteiger partial charge in [-0.1, -0.05) is 32.4 Å². The fraction of sp³-hybridized carbons (Fsp3) is 0.231. The fourth-order valence-corrected chi connectivity index (χ4v) is 4.29. The first-order chi connectivity index (χ1) is 17.7. The van der Waals surface area contributed by atoms with Crippen LogP contribution in [0.2, 0.25) is 5.02 Å². The zero-order valence-electron chi connectivity index (χ0n) is 21.7. The molecule has 3 rings (SSSR count). The molecular formula is C26H31ClN6O4S. The quantitative estimate of drug-likeness (QED) is 0.236. The molecule has 12 heteroatoms. The average molecular weight is 559 g/mol. The van der Waals surface area contributed by atoms with E-state index in [9.17, 15) is 13.2 Å². The van der Waals surface area contributed by atoms with Crippen molar-refractivity contribution >= 4 is 50.3 Å². The largest absolute Gasteiger partial charge is 0.492 e. The molecule has 0 unspecified atom stereocenters. The van der Waals surface area contributed by atoms with Gasteiger partial charge in [-0.3, -0.25) is 19.5 Å². The number of benzene rings is 2. The summed E-state index contributed by atoms with van der Waals surface area (Å²) < 4.78 is 31.9. The van der Waals surface area contributed by atoms with Gasteiger partial charge in [0.05, 0.1) is 41.1 Å². The number of ether oxygens (including phenoxy) is 1. The van der Waals surface area contributed by atoms with Crippen molar-refractivity contribution in [3.63, 3.8) is 0 Å². The van der Waals surface area contributed by atoms with E-state index in [1.807, 2.05) is 20.8 Å². The zero-order valence-corrected chi connectivity index (χ0v) is 23.3. The number of carbonyl (C=O) groups is 1. The molecule has 6 N–H and O–H groups in total. The SMILES string of the molecule is COc1c(NC(=O)c2ccc(Cl)c(N(N)C=C(N)c3cccnc3)c2)cc(C(C)(C)C)cc1NS(C)(=O)=O. The topological polar surface area (TPSA) is 153 Å². The number of pyridine rings is 1. The molecule has 1 amide bonds. The van der Waals surface area contributed by atoms with Crippen LogP contribution >= 0.6 is 11.6 Å². The summed E-state index contributed by atoms with van der Waals surface area (Å²) in [5.41, 5.74) is 8.65. The molecule has 0 fully saturated rings. The van der Waals surface area contributed by atoms with Crippen LogP contribution in [0.4, 0.5) is 17.1 Å². The first-order valence-corrected chi connectivity index (χ1v) is 13.7. The Balaban J connectivity index is 1.99. The van der Waals surface area contributed by atoms with Crippen molar-refractivity contribution in [2.75, 3.05) is 28.4 Å². The maximum atomic E-state index is 13.3. The third-order valence-electron chi connectivity index (χ3n) is 5.46. The van der Waals surface area contributed by atoms with E-state index in [2.05, 4.69) is 15.0 Å². The number of hydrazine groups is 1. The number of aromatic nitrogens is 1. The van der Waals surface area contributed by atoms with E-state index >= 15 is 0 Å². The Morgan fingerprint density at radius 2 is 1.82 bits per heavy atom. The highest BCUT2D eigenvalue weighted by atomic mass is 35.5. The normalized spacial score (nSPS) is 12.1. The van der Waals surface area contributed by atoms with Gasteiger partial charge in [-0.2, -0.15) is 0 Å². The van der Waals surface area contributed by atoms with Gasteiger partial charge < -0.3 is 15.8 Å². The number of anilines is 3. The smallest absolute Gasteiger partial charge is 0.255 e. The number of halogens is 1. The number of amides is 1. The minimum absolute atomic E-state index is 0.165. The minimum atomic E-state index is -3.62. The summed E-state index contributed by atoms with van der Waals surface area (Å²) in [5.74, 6) is 5.88. The lowest BCUT2D eigenvalue weighted by molar-refractivity contribution is 0.102. The Morgan fingerprint density at radius 1 is 1.13 bits per heavy atom. The fourth-order valence-electron chi connectivity index (χ4n) is 3.52. The number of hydrogen-bond donors (Lipinski definition) is 4. The van der Waals surface area contributed by atoms with Gasteiger partial charge in [0.25, 0.3) is 5.91 Å². The van der Waals surface area contributed by atoms with Crippen LogP contribution in [0.3, 0.4) is 0 Å². The molecule has 1 heterocycles. The molecule has 3 aromatic rings. The lowest BCUT2D eigenvalue weighted by atomic mass is 9.86. The Kier molecular flexibility index (Phi) is 8.55. The number of nitrogens with zero attached hydrogens (tertiary/aromatic N) is 2. The molecule has 202 valence electrons. The van der Waals surface area contributed by atoms with Gasteiger partial charge in [0, 0.05) is 29.7 Å². The number of nitrogens with one attached hydrogen (secondary N) is 2. The van der Waals surface area contributed by atoms with E-state index in [1.54, 1.807) is 48.8 Å². The first-order valence-electron chi connectivity index (χ1n) is 11.4. The Bertz CT molecular complexity index is 1470. The third kappa shape index (κ3) is 7.15. The number of nitrogens with two attached hydrogens (primary N) is 2. The van der Waals surface area contributed by atoms with Crippen molar-refractivity contribution in [2.24, 2.45) is 11.6 Å². The standard InChI is InChI=1S/C26H31ClN6O4S/c1-26(2,3)18-12-21(24(37-4)22(13-18)32-38(5,35)36)31-25(34)16-8-9-19(27)23(11-16)33(29)15-20(28)17-7-6-10-30-14-17/h6-15,32H,28-29H2,1-5H3,(H,31,34). The van der Waals surface area contributed by atoms with Crippen molar-refractivity contribution in [1.29, 1.82) is 0 Å². The van der Waals surface area contributed by atoms with E-state index in [-0.39, 0.29) is 28.1 Å². The van der Waals surface area contributed by atoms with E-state index < -0.39 is 15.9 Å². The van der Waals surface area contributed by atoms with Crippen LogP contribution in [0.5, 0.6) is 5.75 Å². The Morgan fingerprint density at radius 3 is 2.39 bits per heavy atom. The number of rotatable bonds is 8. The van der Waals surface area contributed by atoms with Crippen molar-refractivity contribution in [2.45, 2.75) is 26.2 Å². The molecule has 2 aromatic carbocycles. The number of hydrogen-bond acceptors (Lipinski definition) is 8. The molecule has 0 aliphatic heterocycles. The second-order valence-electron chi connectivity index (χ2n) is 9.58. The molecule has 10 nitrogen and oxygen atoms in total. The first kappa shape index (κ1) is 28.8. The van der Waals surface area contributed by atoms with Gasteiger partial charge in [-0.05, 0) is 53.4 Å². The van der Waals surface area contributed by atoms with Crippen molar-refractivity contribution in [1.82, 2.24) is 4.98 Å². The Labute approximate surface area is 227 Å². The lowest BCUT2D eigenvalue weighted by Crippen LogP contribution is -2.26. The molecule has 1 aromatic heterocycles.